The number of hydrogen-bond donors (Lipinski definition) is 3. The highest BCUT2D eigenvalue weighted by atomic mass is 16.2. The molecule has 0 radical (unpaired) electrons. The summed E-state index contributed by atoms with van der Waals surface area (Å²) in [6.45, 7) is 5.87. The van der Waals surface area contributed by atoms with Crippen molar-refractivity contribution >= 4 is 17.7 Å². The van der Waals surface area contributed by atoms with E-state index >= 15 is 0 Å². The molecule has 1 aromatic carbocycles. The maximum atomic E-state index is 12.8. The first kappa shape index (κ1) is 18.5. The fourth-order valence-corrected chi connectivity index (χ4v) is 3.50. The van der Waals surface area contributed by atoms with Crippen molar-refractivity contribution in [3.63, 3.8) is 0 Å². The second-order valence-electron chi connectivity index (χ2n) is 7.67. The van der Waals surface area contributed by atoms with Crippen molar-refractivity contribution in [3.8, 4) is 0 Å². The Morgan fingerprint density at radius 2 is 2.08 bits per heavy atom. The lowest BCUT2D eigenvalue weighted by atomic mass is 9.99. The molecule has 0 aromatic heterocycles. The van der Waals surface area contributed by atoms with Crippen LogP contribution in [-0.4, -0.2) is 40.7 Å². The predicted molar refractivity (Wildman–Crippen MR) is 97.1 cm³/mol. The van der Waals surface area contributed by atoms with Crippen molar-refractivity contribution in [2.75, 3.05) is 6.54 Å². The molecule has 1 unspecified atom stereocenters. The molecule has 2 aliphatic rings. The van der Waals surface area contributed by atoms with E-state index in [0.29, 0.717) is 31.6 Å². The van der Waals surface area contributed by atoms with Crippen molar-refractivity contribution < 1.29 is 14.4 Å². The minimum atomic E-state index is -0.572. The molecular formula is C19H26N4O3. The lowest BCUT2D eigenvalue weighted by molar-refractivity contribution is -0.136. The summed E-state index contributed by atoms with van der Waals surface area (Å²) in [5.74, 6) is -0.797. The van der Waals surface area contributed by atoms with E-state index in [2.05, 4.69) is 24.5 Å². The zero-order valence-corrected chi connectivity index (χ0v) is 15.3. The lowest BCUT2D eigenvalue weighted by Gasteiger charge is -2.29. The quantitative estimate of drug-likeness (QED) is 0.648. The smallest absolute Gasteiger partial charge is 0.255 e. The molecule has 2 heterocycles. The standard InChI is InChI=1S/C19H26N4O3/c1-19(2,7-8-20)21-10-12-3-4-13-11-23(18(26)14(13)9-12)15-5-6-16(24)22-17(15)25/h3-4,9,15,21H,5-8,10-11,20H2,1-2H3,(H,22,24,25). The molecule has 0 saturated carbocycles. The van der Waals surface area contributed by atoms with E-state index in [9.17, 15) is 14.4 Å². The van der Waals surface area contributed by atoms with Crippen molar-refractivity contribution in [1.82, 2.24) is 15.5 Å². The van der Waals surface area contributed by atoms with E-state index in [1.807, 2.05) is 18.2 Å². The van der Waals surface area contributed by atoms with Gasteiger partial charge in [-0.05, 0) is 50.4 Å². The second kappa shape index (κ2) is 7.17. The third-order valence-corrected chi connectivity index (χ3v) is 5.13. The first-order valence-electron chi connectivity index (χ1n) is 9.02. The van der Waals surface area contributed by atoms with Crippen LogP contribution in [0.15, 0.2) is 18.2 Å². The molecule has 1 atom stereocenters. The second-order valence-corrected chi connectivity index (χ2v) is 7.67. The van der Waals surface area contributed by atoms with Gasteiger partial charge in [-0.3, -0.25) is 19.7 Å². The zero-order valence-electron chi connectivity index (χ0n) is 15.3. The summed E-state index contributed by atoms with van der Waals surface area (Å²) < 4.78 is 0. The number of imide groups is 1. The Bertz CT molecular complexity index is 744. The largest absolute Gasteiger partial charge is 0.330 e. The van der Waals surface area contributed by atoms with Gasteiger partial charge < -0.3 is 16.0 Å². The molecule has 7 nitrogen and oxygen atoms in total. The number of benzene rings is 1. The SMILES string of the molecule is CC(C)(CCN)NCc1ccc2c(c1)C(=O)N(C1CCC(=O)NC1=O)C2. The molecule has 140 valence electrons. The van der Waals surface area contributed by atoms with Gasteiger partial charge in [-0.15, -0.1) is 0 Å². The fraction of sp³-hybridized carbons (Fsp3) is 0.526. The van der Waals surface area contributed by atoms with Gasteiger partial charge in [0.25, 0.3) is 5.91 Å². The van der Waals surface area contributed by atoms with E-state index < -0.39 is 6.04 Å². The summed E-state index contributed by atoms with van der Waals surface area (Å²) in [5, 5.41) is 5.78. The average Bonchev–Trinajstić information content (AvgIpc) is 2.90. The van der Waals surface area contributed by atoms with E-state index in [1.165, 1.54) is 0 Å². The van der Waals surface area contributed by atoms with Crippen LogP contribution in [0.3, 0.4) is 0 Å². The van der Waals surface area contributed by atoms with Gasteiger partial charge in [-0.1, -0.05) is 12.1 Å². The summed E-state index contributed by atoms with van der Waals surface area (Å²) in [4.78, 5) is 37.8. The topological polar surface area (TPSA) is 105 Å². The Morgan fingerprint density at radius 3 is 2.77 bits per heavy atom. The van der Waals surface area contributed by atoms with Gasteiger partial charge in [-0.2, -0.15) is 0 Å². The number of nitrogens with two attached hydrogens (primary N) is 1. The van der Waals surface area contributed by atoms with Gasteiger partial charge in [0.15, 0.2) is 0 Å². The number of rotatable bonds is 6. The van der Waals surface area contributed by atoms with Crippen LogP contribution in [0.2, 0.25) is 0 Å². The third kappa shape index (κ3) is 3.78. The highest BCUT2D eigenvalue weighted by molar-refractivity contribution is 6.05. The van der Waals surface area contributed by atoms with Crippen molar-refractivity contribution in [1.29, 1.82) is 0 Å². The molecule has 1 saturated heterocycles. The number of fused-ring (bicyclic) bond motifs is 1. The molecular weight excluding hydrogens is 332 g/mol. The Balaban J connectivity index is 1.71. The first-order chi connectivity index (χ1) is 12.3. The van der Waals surface area contributed by atoms with Gasteiger partial charge in [0, 0.05) is 30.6 Å². The molecule has 3 amide bonds. The molecule has 2 aliphatic heterocycles. The third-order valence-electron chi connectivity index (χ3n) is 5.13. The van der Waals surface area contributed by atoms with Gasteiger partial charge in [-0.25, -0.2) is 0 Å². The van der Waals surface area contributed by atoms with Crippen LogP contribution >= 0.6 is 0 Å². The summed E-state index contributed by atoms with van der Waals surface area (Å²) >= 11 is 0. The van der Waals surface area contributed by atoms with Gasteiger partial charge in [0.2, 0.25) is 11.8 Å². The highest BCUT2D eigenvalue weighted by Crippen LogP contribution is 2.28. The van der Waals surface area contributed by atoms with Crippen LogP contribution in [0.5, 0.6) is 0 Å². The number of amides is 3. The van der Waals surface area contributed by atoms with E-state index in [0.717, 1.165) is 17.5 Å². The number of carbonyl (C=O) groups is 3. The van der Waals surface area contributed by atoms with Crippen molar-refractivity contribution in [2.24, 2.45) is 5.73 Å². The maximum absolute atomic E-state index is 12.8. The summed E-state index contributed by atoms with van der Waals surface area (Å²) in [7, 11) is 0. The normalized spacial score (nSPS) is 20.3. The molecule has 0 spiro atoms. The van der Waals surface area contributed by atoms with Crippen LogP contribution in [0.25, 0.3) is 0 Å². The van der Waals surface area contributed by atoms with Gasteiger partial charge in [0.05, 0.1) is 0 Å². The number of nitrogens with zero attached hydrogens (tertiary/aromatic N) is 1. The molecule has 4 N–H and O–H groups in total. The van der Waals surface area contributed by atoms with E-state index in [4.69, 9.17) is 5.73 Å². The average molecular weight is 358 g/mol. The van der Waals surface area contributed by atoms with Crippen LogP contribution in [0.1, 0.15) is 54.6 Å². The number of hydrogen-bond acceptors (Lipinski definition) is 5. The molecule has 26 heavy (non-hydrogen) atoms. The molecule has 1 fully saturated rings. The minimum absolute atomic E-state index is 0.0729. The van der Waals surface area contributed by atoms with Crippen LogP contribution < -0.4 is 16.4 Å². The lowest BCUT2D eigenvalue weighted by Crippen LogP contribution is -2.52. The van der Waals surface area contributed by atoms with Crippen LogP contribution in [-0.2, 0) is 22.7 Å². The van der Waals surface area contributed by atoms with Crippen LogP contribution in [0, 0.1) is 0 Å². The van der Waals surface area contributed by atoms with E-state index in [-0.39, 0.29) is 29.7 Å². The summed E-state index contributed by atoms with van der Waals surface area (Å²) in [6.07, 6.45) is 1.51. The molecule has 0 bridgehead atoms. The molecule has 7 heteroatoms. The molecule has 3 rings (SSSR count). The van der Waals surface area contributed by atoms with Crippen molar-refractivity contribution in [2.45, 2.75) is 57.8 Å². The highest BCUT2D eigenvalue weighted by Gasteiger charge is 2.39. The monoisotopic (exact) mass is 358 g/mol. The van der Waals surface area contributed by atoms with Gasteiger partial charge >= 0.3 is 0 Å². The number of piperidine rings is 1. The van der Waals surface area contributed by atoms with E-state index in [1.54, 1.807) is 4.90 Å². The number of carbonyl (C=O) groups excluding carboxylic acids is 3. The Morgan fingerprint density at radius 1 is 1.31 bits per heavy atom. The first-order valence-corrected chi connectivity index (χ1v) is 9.02. The summed E-state index contributed by atoms with van der Waals surface area (Å²) in [6, 6.07) is 5.28. The predicted octanol–water partition coefficient (Wildman–Crippen LogP) is 0.665. The fourth-order valence-electron chi connectivity index (χ4n) is 3.50. The maximum Gasteiger partial charge on any atom is 0.255 e. The molecule has 1 aromatic rings. The molecule has 0 aliphatic carbocycles. The Kier molecular flexibility index (Phi) is 5.11. The van der Waals surface area contributed by atoms with Crippen LogP contribution in [0.4, 0.5) is 0 Å². The summed E-state index contributed by atoms with van der Waals surface area (Å²) in [5.41, 5.74) is 8.15. The zero-order chi connectivity index (χ0) is 18.9. The Labute approximate surface area is 153 Å². The Hall–Kier alpha value is -2.25. The van der Waals surface area contributed by atoms with Gasteiger partial charge in [0.1, 0.15) is 6.04 Å². The number of nitrogens with one attached hydrogen (secondary N) is 2. The van der Waals surface area contributed by atoms with Crippen molar-refractivity contribution in [3.05, 3.63) is 34.9 Å². The minimum Gasteiger partial charge on any atom is -0.330 e.